The molecule has 1 aliphatic rings. The lowest BCUT2D eigenvalue weighted by Crippen LogP contribution is -2.45. The minimum atomic E-state index is 0.0117. The highest BCUT2D eigenvalue weighted by Crippen LogP contribution is 2.25. The summed E-state index contributed by atoms with van der Waals surface area (Å²) in [7, 11) is 2.00. The molecule has 0 aliphatic heterocycles. The van der Waals surface area contributed by atoms with E-state index in [-0.39, 0.29) is 24.3 Å². The van der Waals surface area contributed by atoms with Crippen LogP contribution in [0.5, 0.6) is 0 Å². The summed E-state index contributed by atoms with van der Waals surface area (Å²) in [6, 6.07) is 14.1. The maximum Gasteiger partial charge on any atom is 0.242 e. The van der Waals surface area contributed by atoms with E-state index in [4.69, 9.17) is 0 Å². The second-order valence-electron chi connectivity index (χ2n) is 8.44. The fraction of sp³-hybridized carbons (Fsp3) is 0.520. The summed E-state index contributed by atoms with van der Waals surface area (Å²) in [4.78, 5) is 30.2. The third-order valence-corrected chi connectivity index (χ3v) is 6.06. The number of hydrogen-bond acceptors (Lipinski definition) is 2. The monoisotopic (exact) mass is 409 g/mol. The van der Waals surface area contributed by atoms with Gasteiger partial charge in [0.05, 0.1) is 13.1 Å². The molecule has 5 nitrogen and oxygen atoms in total. The fourth-order valence-corrected chi connectivity index (χ4v) is 4.30. The first-order valence-electron chi connectivity index (χ1n) is 11.3. The number of carbonyl (C=O) groups is 2. The van der Waals surface area contributed by atoms with Gasteiger partial charge >= 0.3 is 0 Å². The summed E-state index contributed by atoms with van der Waals surface area (Å²) < 4.78 is 2.04. The molecule has 0 atom stereocenters. The maximum absolute atomic E-state index is 13.4. The molecule has 5 heteroatoms. The van der Waals surface area contributed by atoms with Crippen LogP contribution >= 0.6 is 0 Å². The van der Waals surface area contributed by atoms with Gasteiger partial charge < -0.3 is 14.4 Å². The zero-order valence-corrected chi connectivity index (χ0v) is 18.4. The van der Waals surface area contributed by atoms with E-state index in [1.165, 1.54) is 6.42 Å². The largest absolute Gasteiger partial charge is 0.353 e. The molecule has 0 radical (unpaired) electrons. The van der Waals surface area contributed by atoms with Crippen molar-refractivity contribution in [3.05, 3.63) is 59.9 Å². The van der Waals surface area contributed by atoms with E-state index >= 15 is 0 Å². The minimum absolute atomic E-state index is 0.0117. The first-order chi connectivity index (χ1) is 14.6. The molecule has 0 N–H and O–H groups in total. The Morgan fingerprint density at radius 2 is 1.70 bits per heavy atom. The molecule has 1 heterocycles. The predicted molar refractivity (Wildman–Crippen MR) is 120 cm³/mol. The lowest BCUT2D eigenvalue weighted by atomic mass is 9.88. The van der Waals surface area contributed by atoms with Crippen molar-refractivity contribution in [1.82, 2.24) is 14.4 Å². The lowest BCUT2D eigenvalue weighted by Gasteiger charge is -2.31. The highest BCUT2D eigenvalue weighted by molar-refractivity contribution is 5.86. The van der Waals surface area contributed by atoms with E-state index < -0.39 is 0 Å². The van der Waals surface area contributed by atoms with Crippen LogP contribution in [0.1, 0.15) is 56.7 Å². The Labute approximate surface area is 180 Å². The van der Waals surface area contributed by atoms with Crippen molar-refractivity contribution in [3.63, 3.8) is 0 Å². The Morgan fingerprint density at radius 1 is 0.967 bits per heavy atom. The normalized spacial score (nSPS) is 14.5. The zero-order chi connectivity index (χ0) is 21.3. The number of aryl methyl sites for hydroxylation is 1. The van der Waals surface area contributed by atoms with Crippen molar-refractivity contribution in [2.24, 2.45) is 13.0 Å². The van der Waals surface area contributed by atoms with Crippen molar-refractivity contribution in [1.29, 1.82) is 0 Å². The number of benzene rings is 1. The van der Waals surface area contributed by atoms with Gasteiger partial charge in [0.1, 0.15) is 0 Å². The smallest absolute Gasteiger partial charge is 0.242 e. The molecule has 0 saturated heterocycles. The fourth-order valence-electron chi connectivity index (χ4n) is 4.30. The van der Waals surface area contributed by atoms with Crippen LogP contribution in [0.25, 0.3) is 0 Å². The first kappa shape index (κ1) is 22.1. The average Bonchev–Trinajstić information content (AvgIpc) is 3.18. The van der Waals surface area contributed by atoms with Crippen LogP contribution in [0.15, 0.2) is 48.7 Å². The number of nitrogens with zero attached hydrogens (tertiary/aromatic N) is 3. The Hall–Kier alpha value is -2.56. The molecule has 0 unspecified atom stereocenters. The van der Waals surface area contributed by atoms with Gasteiger partial charge in [-0.25, -0.2) is 0 Å². The molecule has 1 fully saturated rings. The van der Waals surface area contributed by atoms with E-state index in [1.807, 2.05) is 65.2 Å². The topological polar surface area (TPSA) is 45.6 Å². The van der Waals surface area contributed by atoms with Crippen molar-refractivity contribution >= 4 is 11.8 Å². The molecule has 1 aromatic carbocycles. The highest BCUT2D eigenvalue weighted by atomic mass is 16.2. The molecule has 2 amide bonds. The third-order valence-electron chi connectivity index (χ3n) is 6.06. The van der Waals surface area contributed by atoms with Crippen LogP contribution in [-0.2, 0) is 29.7 Å². The molecule has 30 heavy (non-hydrogen) atoms. The third kappa shape index (κ3) is 5.97. The first-order valence-corrected chi connectivity index (χ1v) is 11.3. The lowest BCUT2D eigenvalue weighted by molar-refractivity contribution is -0.144. The van der Waals surface area contributed by atoms with Crippen molar-refractivity contribution in [2.45, 2.75) is 58.5 Å². The Morgan fingerprint density at radius 3 is 2.33 bits per heavy atom. The van der Waals surface area contributed by atoms with Gasteiger partial charge in [-0.1, -0.05) is 56.5 Å². The summed E-state index contributed by atoms with van der Waals surface area (Å²) in [5.41, 5.74) is 2.18. The highest BCUT2D eigenvalue weighted by Gasteiger charge is 2.28. The molecule has 162 valence electrons. The van der Waals surface area contributed by atoms with Gasteiger partial charge in [0, 0.05) is 37.9 Å². The van der Waals surface area contributed by atoms with Crippen LogP contribution in [0.2, 0.25) is 0 Å². The van der Waals surface area contributed by atoms with E-state index in [2.05, 4.69) is 6.92 Å². The van der Waals surface area contributed by atoms with E-state index in [1.54, 1.807) is 4.90 Å². The molecular weight excluding hydrogens is 374 g/mol. The molecule has 1 saturated carbocycles. The van der Waals surface area contributed by atoms with E-state index in [0.29, 0.717) is 19.6 Å². The van der Waals surface area contributed by atoms with Crippen molar-refractivity contribution < 1.29 is 9.59 Å². The summed E-state index contributed by atoms with van der Waals surface area (Å²) >= 11 is 0. The summed E-state index contributed by atoms with van der Waals surface area (Å²) in [6.07, 6.45) is 8.25. The number of carbonyl (C=O) groups excluding carboxylic acids is 2. The Balaban J connectivity index is 1.73. The summed E-state index contributed by atoms with van der Waals surface area (Å²) in [5, 5.41) is 0. The standard InChI is InChI=1S/C25H35N3O2/c1-3-16-27(25(30)22-13-8-5-9-14-22)20-24(29)28(18-21-11-6-4-7-12-21)19-23-15-10-17-26(23)2/h4,6-7,10-12,15,17,22H,3,5,8-9,13-14,16,18-20H2,1-2H3. The number of rotatable bonds is 9. The Kier molecular flexibility index (Phi) is 8.12. The van der Waals surface area contributed by atoms with Crippen LogP contribution in [0.4, 0.5) is 0 Å². The predicted octanol–water partition coefficient (Wildman–Crippen LogP) is 4.37. The van der Waals surface area contributed by atoms with Gasteiger partial charge in [-0.3, -0.25) is 9.59 Å². The van der Waals surface area contributed by atoms with E-state index in [9.17, 15) is 9.59 Å². The van der Waals surface area contributed by atoms with Gasteiger partial charge in [0.2, 0.25) is 11.8 Å². The van der Waals surface area contributed by atoms with Crippen LogP contribution < -0.4 is 0 Å². The van der Waals surface area contributed by atoms with Gasteiger partial charge in [0.25, 0.3) is 0 Å². The molecule has 1 aromatic heterocycles. The van der Waals surface area contributed by atoms with Crippen molar-refractivity contribution in [3.8, 4) is 0 Å². The Bertz CT molecular complexity index is 809. The maximum atomic E-state index is 13.4. The molecule has 0 bridgehead atoms. The number of hydrogen-bond donors (Lipinski definition) is 0. The number of amides is 2. The number of aromatic nitrogens is 1. The molecule has 0 spiro atoms. The summed E-state index contributed by atoms with van der Waals surface area (Å²) in [5.74, 6) is 0.273. The second kappa shape index (κ2) is 11.0. The van der Waals surface area contributed by atoms with Gasteiger partial charge in [-0.05, 0) is 37.0 Å². The minimum Gasteiger partial charge on any atom is -0.353 e. The zero-order valence-electron chi connectivity index (χ0n) is 18.4. The quantitative estimate of drug-likeness (QED) is 0.617. The van der Waals surface area contributed by atoms with Crippen LogP contribution in [0, 0.1) is 5.92 Å². The molecule has 3 rings (SSSR count). The van der Waals surface area contributed by atoms with E-state index in [0.717, 1.165) is 43.4 Å². The molecule has 2 aromatic rings. The second-order valence-corrected chi connectivity index (χ2v) is 8.44. The van der Waals surface area contributed by atoms with Gasteiger partial charge in [-0.2, -0.15) is 0 Å². The summed E-state index contributed by atoms with van der Waals surface area (Å²) in [6.45, 7) is 3.96. The average molecular weight is 410 g/mol. The van der Waals surface area contributed by atoms with Crippen LogP contribution in [0.3, 0.4) is 0 Å². The van der Waals surface area contributed by atoms with Gasteiger partial charge in [-0.15, -0.1) is 0 Å². The molecular formula is C25H35N3O2. The molecule has 1 aliphatic carbocycles. The van der Waals surface area contributed by atoms with Crippen molar-refractivity contribution in [2.75, 3.05) is 13.1 Å². The van der Waals surface area contributed by atoms with Gasteiger partial charge in [0.15, 0.2) is 0 Å². The van der Waals surface area contributed by atoms with Crippen LogP contribution in [-0.4, -0.2) is 39.3 Å². The SMILES string of the molecule is CCCN(CC(=O)N(Cc1ccccc1)Cc1cccn1C)C(=O)C1CCCCC1.